The van der Waals surface area contributed by atoms with E-state index >= 15 is 0 Å². The molecule has 0 spiro atoms. The van der Waals surface area contributed by atoms with Gasteiger partial charge in [-0.2, -0.15) is 0 Å². The number of nitrogens with one attached hydrogen (secondary N) is 1. The highest BCUT2D eigenvalue weighted by Crippen LogP contribution is 2.14. The van der Waals surface area contributed by atoms with Gasteiger partial charge in [-0.25, -0.2) is 13.1 Å². The summed E-state index contributed by atoms with van der Waals surface area (Å²) in [7, 11) is -2.16. The van der Waals surface area contributed by atoms with Crippen LogP contribution in [0.5, 0.6) is 0 Å². The molecule has 0 unspecified atom stereocenters. The lowest BCUT2D eigenvalue weighted by Crippen LogP contribution is -2.39. The molecule has 1 aromatic heterocycles. The predicted octanol–water partition coefficient (Wildman–Crippen LogP) is 1.45. The molecule has 2 amide bonds. The second-order valence-electron chi connectivity index (χ2n) is 6.68. The molecule has 1 aliphatic heterocycles. The Labute approximate surface area is 164 Å². The predicted molar refractivity (Wildman–Crippen MR) is 102 cm³/mol. The number of benzene rings is 1. The van der Waals surface area contributed by atoms with Gasteiger partial charge < -0.3 is 14.2 Å². The Morgan fingerprint density at radius 3 is 2.43 bits per heavy atom. The van der Waals surface area contributed by atoms with Crippen molar-refractivity contribution in [2.24, 2.45) is 0 Å². The Bertz CT molecular complexity index is 917. The molecule has 0 bridgehead atoms. The van der Waals surface area contributed by atoms with Crippen molar-refractivity contribution >= 4 is 21.8 Å². The number of hydrogen-bond acceptors (Lipinski definition) is 5. The SMILES string of the molecule is CN(CC(=O)N1CCCC1)C(=O)c1ccc(S(=O)(=O)NCc2ccco2)cc1. The fourth-order valence-corrected chi connectivity index (χ4v) is 3.99. The van der Waals surface area contributed by atoms with Crippen LogP contribution in [0.15, 0.2) is 52.0 Å². The van der Waals surface area contributed by atoms with Crippen molar-refractivity contribution in [1.29, 1.82) is 0 Å². The van der Waals surface area contributed by atoms with Crippen LogP contribution in [0.2, 0.25) is 0 Å². The van der Waals surface area contributed by atoms with Crippen LogP contribution >= 0.6 is 0 Å². The molecule has 1 aliphatic rings. The van der Waals surface area contributed by atoms with Gasteiger partial charge in [0.15, 0.2) is 0 Å². The monoisotopic (exact) mass is 405 g/mol. The Morgan fingerprint density at radius 1 is 1.14 bits per heavy atom. The molecule has 2 heterocycles. The van der Waals surface area contributed by atoms with Gasteiger partial charge in [-0.1, -0.05) is 0 Å². The number of nitrogens with zero attached hydrogens (tertiary/aromatic N) is 2. The van der Waals surface area contributed by atoms with Crippen LogP contribution in [0.4, 0.5) is 0 Å². The molecule has 0 saturated carbocycles. The summed E-state index contributed by atoms with van der Waals surface area (Å²) in [5, 5.41) is 0. The normalized spacial score (nSPS) is 14.2. The standard InChI is InChI=1S/C19H23N3O5S/c1-21(14-18(23)22-10-2-3-11-22)19(24)15-6-8-17(9-7-15)28(25,26)20-13-16-5-4-12-27-16/h4-9,12,20H,2-3,10-11,13-14H2,1H3. The number of carbonyl (C=O) groups is 2. The summed E-state index contributed by atoms with van der Waals surface area (Å²) >= 11 is 0. The minimum atomic E-state index is -3.72. The van der Waals surface area contributed by atoms with Crippen LogP contribution in [0.3, 0.4) is 0 Å². The second-order valence-corrected chi connectivity index (χ2v) is 8.44. The maximum atomic E-state index is 12.5. The van der Waals surface area contributed by atoms with Gasteiger partial charge in [0.05, 0.1) is 24.2 Å². The lowest BCUT2D eigenvalue weighted by molar-refractivity contribution is -0.130. The number of likely N-dealkylation sites (tertiary alicyclic amines) is 1. The van der Waals surface area contributed by atoms with E-state index in [2.05, 4.69) is 4.72 Å². The van der Waals surface area contributed by atoms with Crippen LogP contribution in [-0.2, 0) is 21.4 Å². The summed E-state index contributed by atoms with van der Waals surface area (Å²) in [4.78, 5) is 27.8. The van der Waals surface area contributed by atoms with Crippen molar-refractivity contribution in [3.8, 4) is 0 Å². The molecule has 3 rings (SSSR count). The molecule has 1 fully saturated rings. The number of amides is 2. The van der Waals surface area contributed by atoms with E-state index in [1.54, 1.807) is 24.1 Å². The molecule has 1 aromatic carbocycles. The number of likely N-dealkylation sites (N-methyl/N-ethyl adjacent to an activating group) is 1. The van der Waals surface area contributed by atoms with Gasteiger partial charge in [0.1, 0.15) is 5.76 Å². The minimum Gasteiger partial charge on any atom is -0.468 e. The highest BCUT2D eigenvalue weighted by Gasteiger charge is 2.22. The van der Waals surface area contributed by atoms with Crippen molar-refractivity contribution in [3.63, 3.8) is 0 Å². The lowest BCUT2D eigenvalue weighted by atomic mass is 10.2. The first-order valence-electron chi connectivity index (χ1n) is 9.02. The van der Waals surface area contributed by atoms with Gasteiger partial charge in [0.25, 0.3) is 5.91 Å². The first kappa shape index (κ1) is 20.1. The zero-order chi connectivity index (χ0) is 20.1. The average molecular weight is 405 g/mol. The van der Waals surface area contributed by atoms with E-state index in [1.807, 2.05) is 0 Å². The maximum Gasteiger partial charge on any atom is 0.254 e. The minimum absolute atomic E-state index is 0.00356. The van der Waals surface area contributed by atoms with Crippen molar-refractivity contribution in [2.75, 3.05) is 26.7 Å². The first-order valence-corrected chi connectivity index (χ1v) is 10.5. The molecular formula is C19H23N3O5S. The molecule has 9 heteroatoms. The van der Waals surface area contributed by atoms with Crippen LogP contribution in [0.1, 0.15) is 29.0 Å². The Kier molecular flexibility index (Phi) is 6.15. The smallest absolute Gasteiger partial charge is 0.254 e. The Balaban J connectivity index is 1.60. The van der Waals surface area contributed by atoms with E-state index < -0.39 is 10.0 Å². The Morgan fingerprint density at radius 2 is 1.82 bits per heavy atom. The molecule has 0 radical (unpaired) electrons. The summed E-state index contributed by atoms with van der Waals surface area (Å²) < 4.78 is 32.2. The van der Waals surface area contributed by atoms with Crippen LogP contribution < -0.4 is 4.72 Å². The quantitative estimate of drug-likeness (QED) is 0.752. The first-order chi connectivity index (χ1) is 13.4. The van der Waals surface area contributed by atoms with E-state index in [0.29, 0.717) is 11.3 Å². The largest absolute Gasteiger partial charge is 0.468 e. The summed E-state index contributed by atoms with van der Waals surface area (Å²) in [6.07, 6.45) is 3.45. The number of carbonyl (C=O) groups excluding carboxylic acids is 2. The average Bonchev–Trinajstić information content (AvgIpc) is 3.39. The van der Waals surface area contributed by atoms with Gasteiger partial charge in [-0.05, 0) is 49.2 Å². The highest BCUT2D eigenvalue weighted by atomic mass is 32.2. The fourth-order valence-electron chi connectivity index (χ4n) is 3.00. The van der Waals surface area contributed by atoms with E-state index in [-0.39, 0.29) is 29.8 Å². The number of hydrogen-bond donors (Lipinski definition) is 1. The third-order valence-electron chi connectivity index (χ3n) is 4.61. The van der Waals surface area contributed by atoms with Gasteiger partial charge >= 0.3 is 0 Å². The van der Waals surface area contributed by atoms with E-state index in [0.717, 1.165) is 25.9 Å². The Hall–Kier alpha value is -2.65. The summed E-state index contributed by atoms with van der Waals surface area (Å²) in [6.45, 7) is 1.51. The lowest BCUT2D eigenvalue weighted by Gasteiger charge is -2.21. The molecular weight excluding hydrogens is 382 g/mol. The van der Waals surface area contributed by atoms with Gasteiger partial charge in [0.2, 0.25) is 15.9 Å². The highest BCUT2D eigenvalue weighted by molar-refractivity contribution is 7.89. The van der Waals surface area contributed by atoms with Gasteiger partial charge in [-0.3, -0.25) is 9.59 Å². The van der Waals surface area contributed by atoms with Crippen LogP contribution in [0, 0.1) is 0 Å². The summed E-state index contributed by atoms with van der Waals surface area (Å²) in [5.41, 5.74) is 0.321. The van der Waals surface area contributed by atoms with E-state index in [4.69, 9.17) is 4.42 Å². The van der Waals surface area contributed by atoms with Gasteiger partial charge in [0, 0.05) is 25.7 Å². The van der Waals surface area contributed by atoms with Gasteiger partial charge in [-0.15, -0.1) is 0 Å². The van der Waals surface area contributed by atoms with Crippen molar-refractivity contribution in [1.82, 2.24) is 14.5 Å². The van der Waals surface area contributed by atoms with Crippen molar-refractivity contribution in [3.05, 3.63) is 54.0 Å². The molecule has 1 N–H and O–H groups in total. The van der Waals surface area contributed by atoms with E-state index in [9.17, 15) is 18.0 Å². The van der Waals surface area contributed by atoms with Crippen molar-refractivity contribution < 1.29 is 22.4 Å². The van der Waals surface area contributed by atoms with Crippen molar-refractivity contribution in [2.45, 2.75) is 24.3 Å². The maximum absolute atomic E-state index is 12.5. The molecule has 1 saturated heterocycles. The molecule has 0 atom stereocenters. The van der Waals surface area contributed by atoms with E-state index in [1.165, 1.54) is 35.4 Å². The number of furan rings is 1. The number of rotatable bonds is 7. The van der Waals surface area contributed by atoms with Crippen LogP contribution in [-0.4, -0.2) is 56.7 Å². The fraction of sp³-hybridized carbons (Fsp3) is 0.368. The third kappa shape index (κ3) is 4.79. The zero-order valence-corrected chi connectivity index (χ0v) is 16.4. The summed E-state index contributed by atoms with van der Waals surface area (Å²) in [6, 6.07) is 8.97. The number of sulfonamides is 1. The molecule has 28 heavy (non-hydrogen) atoms. The molecule has 0 aliphatic carbocycles. The summed E-state index contributed by atoms with van der Waals surface area (Å²) in [5.74, 6) is 0.0920. The molecule has 8 nitrogen and oxygen atoms in total. The zero-order valence-electron chi connectivity index (χ0n) is 15.6. The molecule has 150 valence electrons. The second kappa shape index (κ2) is 8.57. The topological polar surface area (TPSA) is 99.9 Å². The third-order valence-corrected chi connectivity index (χ3v) is 6.02. The van der Waals surface area contributed by atoms with Crippen LogP contribution in [0.25, 0.3) is 0 Å². The molecule has 2 aromatic rings.